The van der Waals surface area contributed by atoms with Gasteiger partial charge in [0.15, 0.2) is 5.96 Å². The van der Waals surface area contributed by atoms with Crippen LogP contribution in [0.4, 0.5) is 5.69 Å². The van der Waals surface area contributed by atoms with E-state index in [4.69, 9.17) is 11.1 Å². The summed E-state index contributed by atoms with van der Waals surface area (Å²) in [5.41, 5.74) is 8.16. The van der Waals surface area contributed by atoms with E-state index >= 15 is 0 Å². The first-order chi connectivity index (χ1) is 9.11. The Kier molecular flexibility index (Phi) is 6.40. The molecule has 0 fully saturated rings. The average Bonchev–Trinajstić information content (AvgIpc) is 2.42. The highest BCUT2D eigenvalue weighted by molar-refractivity contribution is 5.93. The zero-order chi connectivity index (χ0) is 14.3. The molecule has 0 aliphatic heterocycles. The minimum absolute atomic E-state index is 0.145. The maximum atomic E-state index is 7.82. The molecule has 0 heterocycles. The molecule has 0 aliphatic rings. The van der Waals surface area contributed by atoms with E-state index in [1.807, 2.05) is 11.0 Å². The molecule has 0 amide bonds. The number of benzene rings is 1. The molecule has 1 unspecified atom stereocenters. The topological polar surface area (TPSA) is 53.1 Å². The van der Waals surface area contributed by atoms with Gasteiger partial charge in [0, 0.05) is 12.2 Å². The van der Waals surface area contributed by atoms with Gasteiger partial charge in [0.05, 0.1) is 0 Å². The van der Waals surface area contributed by atoms with Gasteiger partial charge < -0.3 is 10.6 Å². The average molecular weight is 261 g/mol. The van der Waals surface area contributed by atoms with Crippen molar-refractivity contribution in [2.75, 3.05) is 11.4 Å². The Labute approximate surface area is 117 Å². The molecule has 1 rings (SSSR count). The molecular formula is C16H27N3. The molecule has 3 heteroatoms. The number of nitrogens with two attached hydrogens (primary N) is 1. The van der Waals surface area contributed by atoms with E-state index in [9.17, 15) is 0 Å². The number of anilines is 1. The summed E-state index contributed by atoms with van der Waals surface area (Å²) in [6.45, 7) is 7.43. The first kappa shape index (κ1) is 15.5. The maximum Gasteiger partial charge on any atom is 0.192 e. The zero-order valence-corrected chi connectivity index (χ0v) is 12.4. The summed E-state index contributed by atoms with van der Waals surface area (Å²) in [4.78, 5) is 1.94. The first-order valence-electron chi connectivity index (χ1n) is 7.32. The summed E-state index contributed by atoms with van der Waals surface area (Å²) in [6.07, 6.45) is 4.52. The molecule has 3 nitrogen and oxygen atoms in total. The second kappa shape index (κ2) is 7.82. The summed E-state index contributed by atoms with van der Waals surface area (Å²) in [5.74, 6) is 0.635. The molecule has 0 bridgehead atoms. The summed E-state index contributed by atoms with van der Waals surface area (Å²) >= 11 is 0. The van der Waals surface area contributed by atoms with Crippen molar-refractivity contribution in [3.8, 4) is 0 Å². The third-order valence-corrected chi connectivity index (χ3v) is 3.65. The number of nitrogens with one attached hydrogen (secondary N) is 1. The van der Waals surface area contributed by atoms with Crippen molar-refractivity contribution in [1.29, 1.82) is 5.41 Å². The second-order valence-electron chi connectivity index (χ2n) is 5.11. The molecule has 3 N–H and O–H groups in total. The lowest BCUT2D eigenvalue weighted by Crippen LogP contribution is -2.38. The van der Waals surface area contributed by atoms with Crippen molar-refractivity contribution < 1.29 is 0 Å². The second-order valence-corrected chi connectivity index (χ2v) is 5.11. The van der Waals surface area contributed by atoms with Gasteiger partial charge in [0.2, 0.25) is 0 Å². The van der Waals surface area contributed by atoms with Crippen molar-refractivity contribution >= 4 is 11.6 Å². The molecule has 0 spiro atoms. The minimum atomic E-state index is 0.145. The summed E-state index contributed by atoms with van der Waals surface area (Å²) < 4.78 is 0. The Morgan fingerprint density at radius 1 is 1.26 bits per heavy atom. The van der Waals surface area contributed by atoms with Crippen molar-refractivity contribution in [2.45, 2.75) is 52.4 Å². The molecular weight excluding hydrogens is 234 g/mol. The number of nitrogens with zero attached hydrogens (tertiary/aromatic N) is 1. The Bertz CT molecular complexity index is 401. The van der Waals surface area contributed by atoms with Gasteiger partial charge in [0.25, 0.3) is 0 Å². The van der Waals surface area contributed by atoms with Crippen LogP contribution in [0, 0.1) is 5.41 Å². The van der Waals surface area contributed by atoms with Gasteiger partial charge in [-0.3, -0.25) is 5.41 Å². The number of unbranched alkanes of at least 4 members (excludes halogenated alkanes) is 2. The molecule has 19 heavy (non-hydrogen) atoms. The highest BCUT2D eigenvalue weighted by Gasteiger charge is 2.16. The lowest BCUT2D eigenvalue weighted by Gasteiger charge is -2.27. The highest BCUT2D eigenvalue weighted by Crippen LogP contribution is 2.29. The van der Waals surface area contributed by atoms with Gasteiger partial charge in [0.1, 0.15) is 0 Å². The van der Waals surface area contributed by atoms with Crippen molar-refractivity contribution in [3.63, 3.8) is 0 Å². The van der Waals surface area contributed by atoms with Crippen molar-refractivity contribution in [1.82, 2.24) is 0 Å². The summed E-state index contributed by atoms with van der Waals surface area (Å²) in [5, 5.41) is 7.82. The Morgan fingerprint density at radius 3 is 2.53 bits per heavy atom. The number of hydrogen-bond acceptors (Lipinski definition) is 1. The molecule has 0 saturated heterocycles. The molecule has 106 valence electrons. The van der Waals surface area contributed by atoms with Crippen LogP contribution in [0.3, 0.4) is 0 Å². The van der Waals surface area contributed by atoms with Gasteiger partial charge >= 0.3 is 0 Å². The SMILES string of the molecule is CCCCCN(C(=N)N)c1ccccc1C(C)CC. The molecule has 0 saturated carbocycles. The van der Waals surface area contributed by atoms with E-state index in [1.54, 1.807) is 0 Å². The molecule has 0 aromatic heterocycles. The van der Waals surface area contributed by atoms with Crippen LogP contribution in [-0.2, 0) is 0 Å². The lowest BCUT2D eigenvalue weighted by molar-refractivity contribution is 0.706. The molecule has 1 aromatic rings. The van der Waals surface area contributed by atoms with Crippen LogP contribution in [0.5, 0.6) is 0 Å². The predicted molar refractivity (Wildman–Crippen MR) is 83.9 cm³/mol. The van der Waals surface area contributed by atoms with Gasteiger partial charge in [-0.15, -0.1) is 0 Å². The fraction of sp³-hybridized carbons (Fsp3) is 0.562. The Hall–Kier alpha value is -1.51. The summed E-state index contributed by atoms with van der Waals surface area (Å²) in [7, 11) is 0. The zero-order valence-electron chi connectivity index (χ0n) is 12.4. The van der Waals surface area contributed by atoms with E-state index in [0.29, 0.717) is 5.92 Å². The number of rotatable bonds is 7. The fourth-order valence-electron chi connectivity index (χ4n) is 2.26. The van der Waals surface area contributed by atoms with Gasteiger partial charge in [-0.2, -0.15) is 0 Å². The van der Waals surface area contributed by atoms with E-state index in [1.165, 1.54) is 18.4 Å². The van der Waals surface area contributed by atoms with E-state index in [0.717, 1.165) is 25.1 Å². The minimum Gasteiger partial charge on any atom is -0.370 e. The number of para-hydroxylation sites is 1. The van der Waals surface area contributed by atoms with E-state index in [2.05, 4.69) is 39.0 Å². The fourth-order valence-corrected chi connectivity index (χ4v) is 2.26. The lowest BCUT2D eigenvalue weighted by atomic mass is 9.96. The smallest absolute Gasteiger partial charge is 0.192 e. The van der Waals surface area contributed by atoms with Gasteiger partial charge in [-0.1, -0.05) is 51.8 Å². The molecule has 1 aromatic carbocycles. The summed E-state index contributed by atoms with van der Waals surface area (Å²) in [6, 6.07) is 8.32. The highest BCUT2D eigenvalue weighted by atomic mass is 15.2. The molecule has 1 atom stereocenters. The Morgan fingerprint density at radius 2 is 1.95 bits per heavy atom. The van der Waals surface area contributed by atoms with Gasteiger partial charge in [-0.05, 0) is 30.4 Å². The van der Waals surface area contributed by atoms with E-state index < -0.39 is 0 Å². The quantitative estimate of drug-likeness (QED) is 0.441. The number of guanidine groups is 1. The van der Waals surface area contributed by atoms with Crippen molar-refractivity contribution in [2.24, 2.45) is 5.73 Å². The monoisotopic (exact) mass is 261 g/mol. The number of hydrogen-bond donors (Lipinski definition) is 2. The molecule has 0 radical (unpaired) electrons. The predicted octanol–water partition coefficient (Wildman–Crippen LogP) is 4.09. The standard InChI is InChI=1S/C16H27N3/c1-4-6-9-12-19(16(17)18)15-11-8-7-10-14(15)13(3)5-2/h7-8,10-11,13H,4-6,9,12H2,1-3H3,(H3,17,18). The van der Waals surface area contributed by atoms with Crippen LogP contribution in [0.15, 0.2) is 24.3 Å². The maximum absolute atomic E-state index is 7.82. The first-order valence-corrected chi connectivity index (χ1v) is 7.32. The third-order valence-electron chi connectivity index (χ3n) is 3.65. The van der Waals surface area contributed by atoms with Crippen LogP contribution in [0.2, 0.25) is 0 Å². The molecule has 0 aliphatic carbocycles. The van der Waals surface area contributed by atoms with Crippen LogP contribution in [-0.4, -0.2) is 12.5 Å². The van der Waals surface area contributed by atoms with Crippen LogP contribution < -0.4 is 10.6 Å². The van der Waals surface area contributed by atoms with Crippen molar-refractivity contribution in [3.05, 3.63) is 29.8 Å². The normalized spacial score (nSPS) is 12.2. The van der Waals surface area contributed by atoms with Crippen LogP contribution in [0.25, 0.3) is 0 Å². The van der Waals surface area contributed by atoms with Crippen LogP contribution >= 0.6 is 0 Å². The van der Waals surface area contributed by atoms with Gasteiger partial charge in [-0.25, -0.2) is 0 Å². The van der Waals surface area contributed by atoms with Crippen LogP contribution in [0.1, 0.15) is 57.9 Å². The third kappa shape index (κ3) is 4.27. The largest absolute Gasteiger partial charge is 0.370 e. The van der Waals surface area contributed by atoms with E-state index in [-0.39, 0.29) is 5.96 Å². The Balaban J connectivity index is 2.98.